The van der Waals surface area contributed by atoms with Crippen LogP contribution in [-0.4, -0.2) is 41.3 Å². The normalized spacial score (nSPS) is 12.7. The Labute approximate surface area is 178 Å². The molecule has 0 radical (unpaired) electrons. The topological polar surface area (TPSA) is 37.3 Å². The van der Waals surface area contributed by atoms with E-state index in [1.165, 1.54) is 21.4 Å². The van der Waals surface area contributed by atoms with Crippen LogP contribution in [0.25, 0.3) is 10.9 Å². The third kappa shape index (κ3) is 5.43. The molecule has 4 nitrogen and oxygen atoms in total. The number of amides is 1. The predicted octanol–water partition coefficient (Wildman–Crippen LogP) is 4.64. The van der Waals surface area contributed by atoms with E-state index in [4.69, 9.17) is 0 Å². The number of aromatic nitrogens is 1. The van der Waals surface area contributed by atoms with Gasteiger partial charge in [0.05, 0.1) is 12.5 Å². The molecule has 1 heterocycles. The van der Waals surface area contributed by atoms with E-state index in [1.807, 2.05) is 11.8 Å². The zero-order valence-electron chi connectivity index (χ0n) is 18.0. The summed E-state index contributed by atoms with van der Waals surface area (Å²) < 4.78 is 2.15. The summed E-state index contributed by atoms with van der Waals surface area (Å²) in [6.45, 7) is 4.95. The van der Waals surface area contributed by atoms with Crippen molar-refractivity contribution in [2.75, 3.05) is 20.6 Å². The van der Waals surface area contributed by atoms with Crippen LogP contribution in [0.1, 0.15) is 31.0 Å². The Kier molecular flexibility index (Phi) is 7.04. The smallest absolute Gasteiger partial charge is 0.224 e. The molecule has 1 atom stereocenters. The summed E-state index contributed by atoms with van der Waals surface area (Å²) in [4.78, 5) is 16.0. The van der Waals surface area contributed by atoms with Crippen molar-refractivity contribution in [3.8, 4) is 0 Å². The van der Waals surface area contributed by atoms with Crippen molar-refractivity contribution in [1.82, 2.24) is 14.8 Å². The van der Waals surface area contributed by atoms with Crippen LogP contribution >= 0.6 is 11.8 Å². The van der Waals surface area contributed by atoms with E-state index in [2.05, 4.69) is 105 Å². The Morgan fingerprint density at radius 1 is 1.10 bits per heavy atom. The second-order valence-electron chi connectivity index (χ2n) is 7.98. The van der Waals surface area contributed by atoms with E-state index >= 15 is 0 Å². The van der Waals surface area contributed by atoms with E-state index in [9.17, 15) is 4.79 Å². The lowest BCUT2D eigenvalue weighted by Gasteiger charge is -2.24. The molecule has 0 saturated heterocycles. The molecule has 154 valence electrons. The SMILES string of the molecule is CC(C)Sc1ccc(CC(=O)NCC(c2cn(C)c3ccccc23)N(C)C)cc1. The summed E-state index contributed by atoms with van der Waals surface area (Å²) in [5, 5.41) is 4.93. The zero-order valence-corrected chi connectivity index (χ0v) is 18.8. The summed E-state index contributed by atoms with van der Waals surface area (Å²) in [5.41, 5.74) is 3.49. The molecule has 0 spiro atoms. The van der Waals surface area contributed by atoms with Gasteiger partial charge in [0, 0.05) is 40.8 Å². The molecular weight excluding hydrogens is 378 g/mol. The summed E-state index contributed by atoms with van der Waals surface area (Å²) in [6.07, 6.45) is 2.58. The Morgan fingerprint density at radius 2 is 1.79 bits per heavy atom. The zero-order chi connectivity index (χ0) is 21.0. The number of rotatable bonds is 8. The molecule has 5 heteroatoms. The largest absolute Gasteiger partial charge is 0.354 e. The molecule has 0 saturated carbocycles. The van der Waals surface area contributed by atoms with Crippen LogP contribution in [0.5, 0.6) is 0 Å². The van der Waals surface area contributed by atoms with Gasteiger partial charge in [-0.15, -0.1) is 11.8 Å². The van der Waals surface area contributed by atoms with Crippen molar-refractivity contribution < 1.29 is 4.79 Å². The number of nitrogens with zero attached hydrogens (tertiary/aromatic N) is 2. The van der Waals surface area contributed by atoms with Crippen LogP contribution in [0, 0.1) is 0 Å². The third-order valence-electron chi connectivity index (χ3n) is 5.06. The van der Waals surface area contributed by atoms with Crippen molar-refractivity contribution in [1.29, 1.82) is 0 Å². The van der Waals surface area contributed by atoms with E-state index in [0.717, 1.165) is 5.56 Å². The van der Waals surface area contributed by atoms with Gasteiger partial charge in [-0.25, -0.2) is 0 Å². The molecule has 0 aliphatic carbocycles. The lowest BCUT2D eigenvalue weighted by atomic mass is 10.0. The Bertz CT molecular complexity index is 960. The first-order valence-corrected chi connectivity index (χ1v) is 11.0. The van der Waals surface area contributed by atoms with Gasteiger partial charge in [-0.1, -0.05) is 44.2 Å². The highest BCUT2D eigenvalue weighted by Crippen LogP contribution is 2.28. The third-order valence-corrected chi connectivity index (χ3v) is 6.08. The molecule has 1 amide bonds. The van der Waals surface area contributed by atoms with E-state index in [1.54, 1.807) is 0 Å². The fourth-order valence-electron chi connectivity index (χ4n) is 3.63. The highest BCUT2D eigenvalue weighted by molar-refractivity contribution is 7.99. The Balaban J connectivity index is 1.65. The molecule has 0 bridgehead atoms. The van der Waals surface area contributed by atoms with Gasteiger partial charge in [-0.2, -0.15) is 0 Å². The fraction of sp³-hybridized carbons (Fsp3) is 0.375. The molecule has 1 unspecified atom stereocenters. The first kappa shape index (κ1) is 21.5. The molecule has 29 heavy (non-hydrogen) atoms. The quantitative estimate of drug-likeness (QED) is 0.551. The van der Waals surface area contributed by atoms with E-state index in [-0.39, 0.29) is 11.9 Å². The Hall–Kier alpha value is -2.24. The molecule has 3 rings (SSSR count). The molecular formula is C24H31N3OS. The Morgan fingerprint density at radius 3 is 2.45 bits per heavy atom. The monoisotopic (exact) mass is 409 g/mol. The van der Waals surface area contributed by atoms with Crippen LogP contribution in [0.2, 0.25) is 0 Å². The lowest BCUT2D eigenvalue weighted by molar-refractivity contribution is -0.120. The van der Waals surface area contributed by atoms with Crippen LogP contribution in [0.3, 0.4) is 0 Å². The van der Waals surface area contributed by atoms with Crippen molar-refractivity contribution in [2.45, 2.75) is 36.5 Å². The summed E-state index contributed by atoms with van der Waals surface area (Å²) in [6, 6.07) is 16.8. The molecule has 1 N–H and O–H groups in total. The highest BCUT2D eigenvalue weighted by Gasteiger charge is 2.20. The summed E-state index contributed by atoms with van der Waals surface area (Å²) in [5.74, 6) is 0.0568. The predicted molar refractivity (Wildman–Crippen MR) is 123 cm³/mol. The number of likely N-dealkylation sites (N-methyl/N-ethyl adjacent to an activating group) is 1. The second-order valence-corrected chi connectivity index (χ2v) is 9.63. The van der Waals surface area contributed by atoms with Gasteiger partial charge >= 0.3 is 0 Å². The standard InChI is InChI=1S/C24H31N3OS/c1-17(2)29-19-12-10-18(11-13-19)14-24(28)25-15-23(26(3)4)21-16-27(5)22-9-7-6-8-20(21)22/h6-13,16-17,23H,14-15H2,1-5H3,(H,25,28). The van der Waals surface area contributed by atoms with E-state index in [0.29, 0.717) is 18.2 Å². The minimum atomic E-state index is 0.0568. The number of para-hydroxylation sites is 1. The van der Waals surface area contributed by atoms with Gasteiger partial charge in [-0.05, 0) is 43.4 Å². The van der Waals surface area contributed by atoms with Gasteiger partial charge in [-0.3, -0.25) is 4.79 Å². The average molecular weight is 410 g/mol. The lowest BCUT2D eigenvalue weighted by Crippen LogP contribution is -2.35. The van der Waals surface area contributed by atoms with Crippen molar-refractivity contribution in [2.24, 2.45) is 7.05 Å². The molecule has 0 aliphatic heterocycles. The van der Waals surface area contributed by atoms with Gasteiger partial charge in [0.15, 0.2) is 0 Å². The van der Waals surface area contributed by atoms with Crippen LogP contribution in [-0.2, 0) is 18.3 Å². The summed E-state index contributed by atoms with van der Waals surface area (Å²) in [7, 11) is 6.19. The molecule has 2 aromatic carbocycles. The van der Waals surface area contributed by atoms with Crippen LogP contribution in [0.15, 0.2) is 59.6 Å². The van der Waals surface area contributed by atoms with Crippen molar-refractivity contribution >= 4 is 28.6 Å². The second kappa shape index (κ2) is 9.51. The number of nitrogens with one attached hydrogen (secondary N) is 1. The minimum Gasteiger partial charge on any atom is -0.354 e. The number of aryl methyl sites for hydroxylation is 1. The minimum absolute atomic E-state index is 0.0568. The first-order valence-electron chi connectivity index (χ1n) is 10.1. The molecule has 0 fully saturated rings. The number of thioether (sulfide) groups is 1. The van der Waals surface area contributed by atoms with Gasteiger partial charge in [0.25, 0.3) is 0 Å². The number of hydrogen-bond donors (Lipinski definition) is 1. The van der Waals surface area contributed by atoms with Crippen molar-refractivity contribution in [3.05, 3.63) is 65.9 Å². The maximum Gasteiger partial charge on any atom is 0.224 e. The summed E-state index contributed by atoms with van der Waals surface area (Å²) >= 11 is 1.84. The van der Waals surface area contributed by atoms with Crippen LogP contribution in [0.4, 0.5) is 0 Å². The highest BCUT2D eigenvalue weighted by atomic mass is 32.2. The van der Waals surface area contributed by atoms with E-state index < -0.39 is 0 Å². The first-order chi connectivity index (χ1) is 13.8. The fourth-order valence-corrected chi connectivity index (χ4v) is 4.46. The van der Waals surface area contributed by atoms with Gasteiger partial charge in [0.1, 0.15) is 0 Å². The molecule has 3 aromatic rings. The molecule has 1 aromatic heterocycles. The number of hydrogen-bond acceptors (Lipinski definition) is 3. The maximum atomic E-state index is 12.6. The van der Waals surface area contributed by atoms with Crippen molar-refractivity contribution in [3.63, 3.8) is 0 Å². The van der Waals surface area contributed by atoms with Crippen LogP contribution < -0.4 is 5.32 Å². The number of carbonyl (C=O) groups excluding carboxylic acids is 1. The average Bonchev–Trinajstić information content (AvgIpc) is 3.00. The van der Waals surface area contributed by atoms with Gasteiger partial charge < -0.3 is 14.8 Å². The number of benzene rings is 2. The maximum absolute atomic E-state index is 12.6. The molecule has 0 aliphatic rings. The van der Waals surface area contributed by atoms with Gasteiger partial charge in [0.2, 0.25) is 5.91 Å². The number of fused-ring (bicyclic) bond motifs is 1. The number of carbonyl (C=O) groups is 1.